The molecule has 0 unspecified atom stereocenters. The summed E-state index contributed by atoms with van der Waals surface area (Å²) in [5.41, 5.74) is 0.954. The van der Waals surface area contributed by atoms with E-state index in [0.29, 0.717) is 24.0 Å². The molecular weight excluding hydrogens is 320 g/mol. The molecule has 3 saturated heterocycles. The van der Waals surface area contributed by atoms with E-state index in [1.54, 1.807) is 0 Å². The lowest BCUT2D eigenvalue weighted by Gasteiger charge is -2.29. The summed E-state index contributed by atoms with van der Waals surface area (Å²) in [6.45, 7) is 1.91. The van der Waals surface area contributed by atoms with Gasteiger partial charge < -0.3 is 19.1 Å². The smallest absolute Gasteiger partial charge is 0.244 e. The Morgan fingerprint density at radius 2 is 1.80 bits per heavy atom. The first-order chi connectivity index (χ1) is 12.1. The van der Waals surface area contributed by atoms with E-state index < -0.39 is 0 Å². The number of carbonyl (C=O) groups is 1. The molecule has 1 aromatic rings. The van der Waals surface area contributed by atoms with Gasteiger partial charge in [0.25, 0.3) is 0 Å². The van der Waals surface area contributed by atoms with Gasteiger partial charge in [0.05, 0.1) is 12.2 Å². The lowest BCUT2D eigenvalue weighted by atomic mass is 9.82. The van der Waals surface area contributed by atoms with Gasteiger partial charge in [-0.2, -0.15) is 0 Å². The first kappa shape index (κ1) is 15.5. The highest BCUT2D eigenvalue weighted by atomic mass is 16.7. The van der Waals surface area contributed by atoms with Crippen molar-refractivity contribution in [3.8, 4) is 11.5 Å². The average Bonchev–Trinajstić information content (AvgIpc) is 3.34. The number of hydrogen-bond donors (Lipinski definition) is 0. The molecule has 0 aromatic heterocycles. The summed E-state index contributed by atoms with van der Waals surface area (Å²) in [7, 11) is 3.91. The minimum absolute atomic E-state index is 0.178. The number of rotatable bonds is 3. The van der Waals surface area contributed by atoms with Crippen LogP contribution in [0.5, 0.6) is 11.5 Å². The second-order valence-electron chi connectivity index (χ2n) is 7.84. The minimum atomic E-state index is -0.299. The molecule has 2 bridgehead atoms. The predicted octanol–water partition coefficient (Wildman–Crippen LogP) is 1.65. The largest absolute Gasteiger partial charge is 0.454 e. The molecule has 1 amide bonds. The first-order valence-corrected chi connectivity index (χ1v) is 9.12. The molecule has 3 fully saturated rings. The molecule has 4 aliphatic rings. The highest BCUT2D eigenvalue weighted by Gasteiger charge is 2.54. The fourth-order valence-electron chi connectivity index (χ4n) is 5.06. The summed E-state index contributed by atoms with van der Waals surface area (Å²) in [5, 5.41) is 0. The van der Waals surface area contributed by atoms with Crippen molar-refractivity contribution in [2.75, 3.05) is 34.0 Å². The zero-order valence-electron chi connectivity index (χ0n) is 14.7. The maximum atomic E-state index is 13.3. The molecule has 0 radical (unpaired) electrons. The zero-order valence-corrected chi connectivity index (χ0v) is 14.7. The Balaban J connectivity index is 1.39. The van der Waals surface area contributed by atoms with Crippen molar-refractivity contribution in [3.05, 3.63) is 23.8 Å². The first-order valence-electron chi connectivity index (χ1n) is 9.12. The van der Waals surface area contributed by atoms with Crippen molar-refractivity contribution >= 4 is 5.91 Å². The average molecular weight is 344 g/mol. The van der Waals surface area contributed by atoms with Crippen LogP contribution < -0.4 is 9.47 Å². The molecule has 0 spiro atoms. The van der Waals surface area contributed by atoms with Crippen LogP contribution in [-0.4, -0.2) is 61.9 Å². The number of benzene rings is 1. The highest BCUT2D eigenvalue weighted by molar-refractivity contribution is 5.84. The van der Waals surface area contributed by atoms with Gasteiger partial charge in [-0.15, -0.1) is 0 Å². The quantitative estimate of drug-likeness (QED) is 0.835. The van der Waals surface area contributed by atoms with Crippen LogP contribution >= 0.6 is 0 Å². The summed E-state index contributed by atoms with van der Waals surface area (Å²) in [4.78, 5) is 17.4. The molecule has 25 heavy (non-hydrogen) atoms. The van der Waals surface area contributed by atoms with Gasteiger partial charge >= 0.3 is 0 Å². The van der Waals surface area contributed by atoms with Crippen LogP contribution in [0.1, 0.15) is 24.4 Å². The molecule has 5 rings (SSSR count). The normalized spacial score (nSPS) is 33.2. The Hall–Kier alpha value is -1.79. The van der Waals surface area contributed by atoms with E-state index in [1.807, 2.05) is 37.2 Å². The fraction of sp³-hybridized carbons (Fsp3) is 0.632. The molecule has 0 saturated carbocycles. The number of carbonyl (C=O) groups excluding carboxylic acids is 1. The Labute approximate surface area is 147 Å². The van der Waals surface area contributed by atoms with Crippen molar-refractivity contribution in [3.63, 3.8) is 0 Å². The molecule has 0 aliphatic carbocycles. The van der Waals surface area contributed by atoms with Gasteiger partial charge in [0.15, 0.2) is 11.5 Å². The molecule has 4 heterocycles. The topological polar surface area (TPSA) is 51.2 Å². The van der Waals surface area contributed by atoms with Gasteiger partial charge in [0.2, 0.25) is 12.7 Å². The number of hydrogen-bond acceptors (Lipinski definition) is 5. The van der Waals surface area contributed by atoms with E-state index in [4.69, 9.17) is 14.2 Å². The van der Waals surface area contributed by atoms with Gasteiger partial charge in [0.1, 0.15) is 6.04 Å². The van der Waals surface area contributed by atoms with Crippen molar-refractivity contribution in [2.45, 2.75) is 31.1 Å². The summed E-state index contributed by atoms with van der Waals surface area (Å²) in [6.07, 6.45) is 3.06. The third-order valence-corrected chi connectivity index (χ3v) is 6.23. The van der Waals surface area contributed by atoms with E-state index in [0.717, 1.165) is 43.0 Å². The fourth-order valence-corrected chi connectivity index (χ4v) is 5.06. The van der Waals surface area contributed by atoms with Gasteiger partial charge in [-0.25, -0.2) is 0 Å². The van der Waals surface area contributed by atoms with E-state index >= 15 is 0 Å². The third kappa shape index (κ3) is 2.34. The van der Waals surface area contributed by atoms with E-state index in [1.165, 1.54) is 0 Å². The summed E-state index contributed by atoms with van der Waals surface area (Å²) < 4.78 is 16.9. The van der Waals surface area contributed by atoms with Crippen LogP contribution in [0.3, 0.4) is 0 Å². The van der Waals surface area contributed by atoms with Crippen molar-refractivity contribution in [1.29, 1.82) is 0 Å². The summed E-state index contributed by atoms with van der Waals surface area (Å²) >= 11 is 0. The van der Waals surface area contributed by atoms with E-state index in [2.05, 4.69) is 4.90 Å². The Kier molecular flexibility index (Phi) is 3.47. The SMILES string of the molecule is CN(C)[C@@H](C(=O)N1C[C@@H]2[C@H](C1)[C@H]1CC[C@@H]2O1)c1ccc2c(c1)OCO2. The zero-order chi connectivity index (χ0) is 17.1. The van der Waals surface area contributed by atoms with Crippen LogP contribution in [0.2, 0.25) is 0 Å². The second-order valence-corrected chi connectivity index (χ2v) is 7.84. The lowest BCUT2D eigenvalue weighted by molar-refractivity contribution is -0.136. The molecule has 1 aromatic carbocycles. The van der Waals surface area contributed by atoms with Crippen molar-refractivity contribution < 1.29 is 19.0 Å². The number of likely N-dealkylation sites (N-methyl/N-ethyl adjacent to an activating group) is 1. The number of amides is 1. The van der Waals surface area contributed by atoms with Crippen LogP contribution in [-0.2, 0) is 9.53 Å². The molecule has 134 valence electrons. The molecular formula is C19H24N2O4. The Morgan fingerprint density at radius 1 is 1.12 bits per heavy atom. The number of likely N-dealkylation sites (tertiary alicyclic amines) is 1. The van der Waals surface area contributed by atoms with Gasteiger partial charge in [0, 0.05) is 24.9 Å². The van der Waals surface area contributed by atoms with Crippen LogP contribution in [0, 0.1) is 11.8 Å². The Bertz CT molecular complexity index is 689. The highest BCUT2D eigenvalue weighted by Crippen LogP contribution is 2.47. The van der Waals surface area contributed by atoms with Gasteiger partial charge in [-0.1, -0.05) is 6.07 Å². The molecule has 4 aliphatic heterocycles. The molecule has 5 atom stereocenters. The van der Waals surface area contributed by atoms with Crippen molar-refractivity contribution in [2.24, 2.45) is 11.8 Å². The molecule has 6 nitrogen and oxygen atoms in total. The van der Waals surface area contributed by atoms with Crippen LogP contribution in [0.4, 0.5) is 0 Å². The Morgan fingerprint density at radius 3 is 2.48 bits per heavy atom. The summed E-state index contributed by atoms with van der Waals surface area (Å²) in [5.74, 6) is 2.71. The predicted molar refractivity (Wildman–Crippen MR) is 90.4 cm³/mol. The minimum Gasteiger partial charge on any atom is -0.454 e. The van der Waals surface area contributed by atoms with E-state index in [9.17, 15) is 4.79 Å². The van der Waals surface area contributed by atoms with E-state index in [-0.39, 0.29) is 18.7 Å². The van der Waals surface area contributed by atoms with Gasteiger partial charge in [-0.3, -0.25) is 9.69 Å². The maximum Gasteiger partial charge on any atom is 0.244 e. The van der Waals surface area contributed by atoms with Crippen LogP contribution in [0.15, 0.2) is 18.2 Å². The van der Waals surface area contributed by atoms with Crippen molar-refractivity contribution in [1.82, 2.24) is 9.80 Å². The number of fused-ring (bicyclic) bond motifs is 6. The standard InChI is InChI=1S/C19H24N2O4/c1-20(2)18(11-3-4-16-17(7-11)24-10-23-16)19(22)21-8-12-13(9-21)15-6-5-14(12)25-15/h3-4,7,12-15,18H,5-6,8-10H2,1-2H3/t12-,13+,14+,15-,18-/m1/s1. The van der Waals surface area contributed by atoms with Crippen LogP contribution in [0.25, 0.3) is 0 Å². The number of ether oxygens (including phenoxy) is 3. The van der Waals surface area contributed by atoms with Gasteiger partial charge in [-0.05, 0) is 44.6 Å². The summed E-state index contributed by atoms with van der Waals surface area (Å²) in [6, 6.07) is 5.51. The third-order valence-electron chi connectivity index (χ3n) is 6.23. The maximum absolute atomic E-state index is 13.3. The molecule has 6 heteroatoms. The lowest BCUT2D eigenvalue weighted by Crippen LogP contribution is -2.40. The number of nitrogens with zero attached hydrogens (tertiary/aromatic N) is 2. The monoisotopic (exact) mass is 344 g/mol. The molecule has 0 N–H and O–H groups in total. The second kappa shape index (κ2) is 5.61.